The minimum Gasteiger partial charge on any atom is -0.394 e. The lowest BCUT2D eigenvalue weighted by molar-refractivity contribution is -0.303. The molecular weight excluding hydrogens is 714 g/mol. The van der Waals surface area contributed by atoms with Gasteiger partial charge in [0, 0.05) is 0 Å². The Morgan fingerprint density at radius 1 is 0.554 bits per heavy atom. The van der Waals surface area contributed by atoms with Crippen LogP contribution in [0.1, 0.15) is 213 Å². The van der Waals surface area contributed by atoms with Crippen molar-refractivity contribution in [1.29, 1.82) is 0 Å². The fraction of sp³-hybridized carbons (Fsp3) is 0.978. The smallest absolute Gasteiger partial charge is 0.249 e. The first-order valence-electron chi connectivity index (χ1n) is 23.4. The summed E-state index contributed by atoms with van der Waals surface area (Å²) in [5, 5.41) is 75.6. The third-order valence-corrected chi connectivity index (χ3v) is 11.7. The number of nitrogens with one attached hydrogen (secondary N) is 1. The number of aliphatic hydroxyl groups excluding tert-OH is 7. The first-order chi connectivity index (χ1) is 27.2. The van der Waals surface area contributed by atoms with Gasteiger partial charge in [-0.2, -0.15) is 0 Å². The van der Waals surface area contributed by atoms with Crippen LogP contribution in [0.5, 0.6) is 0 Å². The van der Waals surface area contributed by atoms with Crippen LogP contribution in [-0.2, 0) is 14.3 Å². The molecule has 1 fully saturated rings. The van der Waals surface area contributed by atoms with E-state index in [-0.39, 0.29) is 6.42 Å². The minimum absolute atomic E-state index is 0.266. The van der Waals surface area contributed by atoms with Crippen LogP contribution >= 0.6 is 0 Å². The van der Waals surface area contributed by atoms with Crippen molar-refractivity contribution < 1.29 is 50.0 Å². The summed E-state index contributed by atoms with van der Waals surface area (Å²) in [6.07, 6.45) is 24.4. The van der Waals surface area contributed by atoms with E-state index in [1.54, 1.807) is 0 Å². The number of carbonyl (C=O) groups excluding carboxylic acids is 1. The monoisotopic (exact) mass is 804 g/mol. The third kappa shape index (κ3) is 25.6. The van der Waals surface area contributed by atoms with Crippen LogP contribution in [0.15, 0.2) is 0 Å². The number of hydrogen-bond donors (Lipinski definition) is 8. The largest absolute Gasteiger partial charge is 0.394 e. The molecule has 0 spiro atoms. The number of carbonyl (C=O) groups is 1. The Bertz CT molecular complexity index is 882. The molecule has 334 valence electrons. The van der Waals surface area contributed by atoms with Crippen molar-refractivity contribution in [2.45, 2.75) is 268 Å². The highest BCUT2D eigenvalue weighted by molar-refractivity contribution is 5.80. The maximum absolute atomic E-state index is 13.1. The number of amides is 1. The molecule has 0 aliphatic carbocycles. The average Bonchev–Trinajstić information content (AvgIpc) is 3.20. The maximum Gasteiger partial charge on any atom is 0.249 e. The van der Waals surface area contributed by atoms with Crippen molar-refractivity contribution in [2.24, 2.45) is 0 Å². The molecule has 11 nitrogen and oxygen atoms in total. The summed E-state index contributed by atoms with van der Waals surface area (Å²) in [6.45, 7) is 3.44. The number of ether oxygens (including phenoxy) is 2. The molecule has 1 aliphatic rings. The molecular formula is C45H89NO10. The Balaban J connectivity index is 2.41. The number of aliphatic hydroxyl groups is 7. The number of unbranched alkanes of at least 4 members (excludes halogenated alkanes) is 27. The zero-order chi connectivity index (χ0) is 41.2. The zero-order valence-electron chi connectivity index (χ0n) is 35.9. The van der Waals surface area contributed by atoms with E-state index in [4.69, 9.17) is 9.47 Å². The predicted molar refractivity (Wildman–Crippen MR) is 224 cm³/mol. The Morgan fingerprint density at radius 3 is 1.32 bits per heavy atom. The van der Waals surface area contributed by atoms with Gasteiger partial charge in [0.25, 0.3) is 0 Å². The van der Waals surface area contributed by atoms with Gasteiger partial charge in [-0.3, -0.25) is 4.79 Å². The van der Waals surface area contributed by atoms with Gasteiger partial charge >= 0.3 is 0 Å². The van der Waals surface area contributed by atoms with Crippen molar-refractivity contribution in [2.75, 3.05) is 13.2 Å². The molecule has 0 bridgehead atoms. The molecule has 0 aromatic heterocycles. The maximum atomic E-state index is 13.1. The molecule has 1 heterocycles. The van der Waals surface area contributed by atoms with Crippen molar-refractivity contribution in [3.8, 4) is 0 Å². The van der Waals surface area contributed by atoms with Gasteiger partial charge < -0.3 is 50.5 Å². The Hall–Kier alpha value is -0.890. The third-order valence-electron chi connectivity index (χ3n) is 11.7. The topological polar surface area (TPSA) is 189 Å². The second kappa shape index (κ2) is 36.0. The van der Waals surface area contributed by atoms with Crippen LogP contribution in [-0.4, -0.2) is 110 Å². The summed E-state index contributed by atoms with van der Waals surface area (Å²) >= 11 is 0. The van der Waals surface area contributed by atoms with Crippen LogP contribution in [0.3, 0.4) is 0 Å². The van der Waals surface area contributed by atoms with Gasteiger partial charge in [-0.25, -0.2) is 0 Å². The van der Waals surface area contributed by atoms with Crippen molar-refractivity contribution in [1.82, 2.24) is 5.32 Å². The van der Waals surface area contributed by atoms with Gasteiger partial charge in [-0.15, -0.1) is 0 Å². The van der Waals surface area contributed by atoms with E-state index >= 15 is 0 Å². The van der Waals surface area contributed by atoms with E-state index in [9.17, 15) is 40.5 Å². The molecule has 9 atom stereocenters. The van der Waals surface area contributed by atoms with Gasteiger partial charge in [-0.05, 0) is 12.8 Å². The SMILES string of the molecule is CCCCCCCCCCCCCCCCCCCC[C@@H](O)C(=O)N[C@@H](CO[C@H]1O[C@H](CO)[C@H](O)[C@H](O)[C@H]1O)[C@H](O)[C@H](O)CCCCCCCCCCCCC. The fourth-order valence-electron chi connectivity index (χ4n) is 7.74. The average molecular weight is 804 g/mol. The highest BCUT2D eigenvalue weighted by Gasteiger charge is 2.44. The minimum atomic E-state index is -1.65. The van der Waals surface area contributed by atoms with Gasteiger partial charge in [-0.1, -0.05) is 200 Å². The lowest BCUT2D eigenvalue weighted by atomic mass is 9.98. The Morgan fingerprint density at radius 2 is 0.929 bits per heavy atom. The zero-order valence-corrected chi connectivity index (χ0v) is 35.9. The van der Waals surface area contributed by atoms with Crippen LogP contribution in [0.4, 0.5) is 0 Å². The highest BCUT2D eigenvalue weighted by Crippen LogP contribution is 2.23. The number of rotatable bonds is 39. The summed E-state index contributed by atoms with van der Waals surface area (Å²) in [6, 6.07) is -1.16. The molecule has 56 heavy (non-hydrogen) atoms. The highest BCUT2D eigenvalue weighted by atomic mass is 16.7. The van der Waals surface area contributed by atoms with Crippen LogP contribution < -0.4 is 5.32 Å². The summed E-state index contributed by atoms with van der Waals surface area (Å²) in [5.41, 5.74) is 0. The molecule has 0 radical (unpaired) electrons. The molecule has 0 aromatic carbocycles. The van der Waals surface area contributed by atoms with Gasteiger partial charge in [0.15, 0.2) is 6.29 Å². The quantitative estimate of drug-likeness (QED) is 0.0289. The summed E-state index contributed by atoms with van der Waals surface area (Å²) in [5.74, 6) is -0.694. The standard InChI is InChI=1S/C45H89NO10/c1-3-5-7-9-11-13-15-16-17-18-19-20-21-23-25-27-29-31-33-38(49)44(54)46-36(35-55-45-43(53)42(52)41(51)39(34-47)56-45)40(50)37(48)32-30-28-26-24-22-14-12-10-8-6-4-2/h36-43,45,47-53H,3-35H2,1-2H3,(H,46,54)/t36-,37+,38+,39+,40-,41-,42-,43+,45-/m0/s1. The Labute approximate surface area is 341 Å². The molecule has 0 unspecified atom stereocenters. The molecule has 11 heteroatoms. The van der Waals surface area contributed by atoms with Crippen LogP contribution in [0.2, 0.25) is 0 Å². The first kappa shape index (κ1) is 53.1. The Kier molecular flexibility index (Phi) is 34.2. The van der Waals surface area contributed by atoms with E-state index in [0.29, 0.717) is 19.3 Å². The molecule has 0 saturated carbocycles. The lowest BCUT2D eigenvalue weighted by Crippen LogP contribution is -2.60. The second-order valence-corrected chi connectivity index (χ2v) is 16.8. The molecule has 1 saturated heterocycles. The summed E-state index contributed by atoms with van der Waals surface area (Å²) in [7, 11) is 0. The normalized spacial score (nSPS) is 22.2. The second-order valence-electron chi connectivity index (χ2n) is 16.8. The van der Waals surface area contributed by atoms with Gasteiger partial charge in [0.05, 0.1) is 25.4 Å². The predicted octanol–water partition coefficient (Wildman–Crippen LogP) is 7.50. The van der Waals surface area contributed by atoms with Gasteiger partial charge in [0.2, 0.25) is 5.91 Å². The molecule has 1 aliphatic heterocycles. The van der Waals surface area contributed by atoms with Crippen molar-refractivity contribution in [3.63, 3.8) is 0 Å². The summed E-state index contributed by atoms with van der Waals surface area (Å²) in [4.78, 5) is 13.1. The number of hydrogen-bond acceptors (Lipinski definition) is 10. The fourth-order valence-corrected chi connectivity index (χ4v) is 7.74. The summed E-state index contributed by atoms with van der Waals surface area (Å²) < 4.78 is 11.1. The molecule has 1 rings (SSSR count). The van der Waals surface area contributed by atoms with E-state index in [1.807, 2.05) is 0 Å². The van der Waals surface area contributed by atoms with E-state index in [2.05, 4.69) is 19.2 Å². The van der Waals surface area contributed by atoms with Gasteiger partial charge in [0.1, 0.15) is 36.6 Å². The van der Waals surface area contributed by atoms with E-state index < -0.39 is 74.2 Å². The van der Waals surface area contributed by atoms with Crippen molar-refractivity contribution in [3.05, 3.63) is 0 Å². The van der Waals surface area contributed by atoms with E-state index in [1.165, 1.54) is 135 Å². The molecule has 0 aromatic rings. The lowest BCUT2D eigenvalue weighted by Gasteiger charge is -2.40. The molecule has 8 N–H and O–H groups in total. The van der Waals surface area contributed by atoms with E-state index in [0.717, 1.165) is 38.5 Å². The first-order valence-corrected chi connectivity index (χ1v) is 23.4. The van der Waals surface area contributed by atoms with Crippen LogP contribution in [0.25, 0.3) is 0 Å². The van der Waals surface area contributed by atoms with Crippen LogP contribution in [0, 0.1) is 0 Å². The molecule has 1 amide bonds. The van der Waals surface area contributed by atoms with Crippen molar-refractivity contribution >= 4 is 5.91 Å².